The number of H-pyrrole nitrogens is 1. The summed E-state index contributed by atoms with van der Waals surface area (Å²) >= 11 is 0. The molecule has 1 heterocycles. The molecule has 1 aliphatic rings. The molecular formula is C18H18FNO2. The second kappa shape index (κ2) is 5.84. The summed E-state index contributed by atoms with van der Waals surface area (Å²) in [5.41, 5.74) is 0.886. The molecule has 0 unspecified atom stereocenters. The Hall–Kier alpha value is -2.28. The van der Waals surface area contributed by atoms with E-state index in [-0.39, 0.29) is 17.3 Å². The summed E-state index contributed by atoms with van der Waals surface area (Å²) in [6.07, 6.45) is 5.44. The molecule has 1 aliphatic carbocycles. The Balaban J connectivity index is 2.14. The van der Waals surface area contributed by atoms with Crippen molar-refractivity contribution < 1.29 is 9.13 Å². The highest BCUT2D eigenvalue weighted by Crippen LogP contribution is 2.30. The molecule has 1 saturated carbocycles. The van der Waals surface area contributed by atoms with Crippen LogP contribution in [-0.2, 0) is 6.42 Å². The fraction of sp³-hybridized carbons (Fsp3) is 0.389. The SMILES string of the molecule is CC(C)Cc1c(OC#CC2CC2)c2cc(F)ccc2[nH]c1=O. The van der Waals surface area contributed by atoms with E-state index in [4.69, 9.17) is 4.74 Å². The summed E-state index contributed by atoms with van der Waals surface area (Å²) in [6.45, 7) is 4.05. The van der Waals surface area contributed by atoms with Crippen molar-refractivity contribution in [2.24, 2.45) is 11.8 Å². The highest BCUT2D eigenvalue weighted by atomic mass is 19.1. The van der Waals surface area contributed by atoms with E-state index in [0.29, 0.717) is 34.6 Å². The molecule has 2 aromatic rings. The topological polar surface area (TPSA) is 42.1 Å². The zero-order valence-corrected chi connectivity index (χ0v) is 12.7. The molecule has 1 N–H and O–H groups in total. The van der Waals surface area contributed by atoms with Gasteiger partial charge < -0.3 is 9.72 Å². The molecule has 3 nitrogen and oxygen atoms in total. The Labute approximate surface area is 128 Å². The van der Waals surface area contributed by atoms with Crippen molar-refractivity contribution >= 4 is 10.9 Å². The maximum atomic E-state index is 13.6. The Kier molecular flexibility index (Phi) is 3.89. The van der Waals surface area contributed by atoms with E-state index in [1.54, 1.807) is 6.07 Å². The van der Waals surface area contributed by atoms with Crippen LogP contribution in [0.3, 0.4) is 0 Å². The van der Waals surface area contributed by atoms with Gasteiger partial charge in [-0.15, -0.1) is 0 Å². The van der Waals surface area contributed by atoms with Crippen LogP contribution in [0, 0.1) is 29.7 Å². The van der Waals surface area contributed by atoms with E-state index in [2.05, 4.69) is 17.0 Å². The van der Waals surface area contributed by atoms with Crippen LogP contribution in [0.15, 0.2) is 23.0 Å². The van der Waals surface area contributed by atoms with Gasteiger partial charge in [0.05, 0.1) is 11.1 Å². The van der Waals surface area contributed by atoms with Crippen molar-refractivity contribution in [1.82, 2.24) is 4.98 Å². The minimum atomic E-state index is -0.366. The third-order valence-electron chi connectivity index (χ3n) is 3.63. The fourth-order valence-corrected chi connectivity index (χ4v) is 2.38. The van der Waals surface area contributed by atoms with Gasteiger partial charge in [-0.1, -0.05) is 19.8 Å². The molecule has 3 rings (SSSR count). The Bertz CT molecular complexity index is 823. The van der Waals surface area contributed by atoms with E-state index in [1.807, 2.05) is 13.8 Å². The van der Waals surface area contributed by atoms with Gasteiger partial charge >= 0.3 is 0 Å². The number of rotatable bonds is 3. The number of nitrogens with one attached hydrogen (secondary N) is 1. The highest BCUT2D eigenvalue weighted by molar-refractivity contribution is 5.86. The van der Waals surface area contributed by atoms with Crippen LogP contribution in [0.25, 0.3) is 10.9 Å². The number of hydrogen-bond acceptors (Lipinski definition) is 2. The van der Waals surface area contributed by atoms with Gasteiger partial charge in [0.2, 0.25) is 0 Å². The monoisotopic (exact) mass is 299 g/mol. The van der Waals surface area contributed by atoms with Crippen molar-refractivity contribution in [2.45, 2.75) is 33.1 Å². The highest BCUT2D eigenvalue weighted by Gasteiger charge is 2.19. The predicted octanol–water partition coefficient (Wildman–Crippen LogP) is 3.62. The first-order valence-corrected chi connectivity index (χ1v) is 7.56. The summed E-state index contributed by atoms with van der Waals surface area (Å²) in [6, 6.07) is 4.25. The average molecular weight is 299 g/mol. The van der Waals surface area contributed by atoms with Gasteiger partial charge in [0.25, 0.3) is 5.56 Å². The van der Waals surface area contributed by atoms with Gasteiger partial charge in [0.1, 0.15) is 11.9 Å². The normalized spacial score (nSPS) is 14.0. The lowest BCUT2D eigenvalue weighted by Crippen LogP contribution is -2.16. The molecule has 1 aromatic carbocycles. The van der Waals surface area contributed by atoms with Crippen LogP contribution >= 0.6 is 0 Å². The lowest BCUT2D eigenvalue weighted by atomic mass is 10.0. The van der Waals surface area contributed by atoms with Gasteiger partial charge in [-0.3, -0.25) is 4.79 Å². The molecule has 114 valence electrons. The lowest BCUT2D eigenvalue weighted by molar-refractivity contribution is 0.506. The van der Waals surface area contributed by atoms with Crippen molar-refractivity contribution in [3.8, 4) is 17.8 Å². The third-order valence-corrected chi connectivity index (χ3v) is 3.63. The first kappa shape index (κ1) is 14.6. The number of fused-ring (bicyclic) bond motifs is 1. The van der Waals surface area contributed by atoms with Gasteiger partial charge in [-0.2, -0.15) is 0 Å². The quantitative estimate of drug-likeness (QED) is 0.880. The minimum Gasteiger partial charge on any atom is -0.406 e. The Morgan fingerprint density at radius 3 is 2.86 bits per heavy atom. The van der Waals surface area contributed by atoms with E-state index < -0.39 is 0 Å². The molecule has 0 radical (unpaired) electrons. The van der Waals surface area contributed by atoms with E-state index in [9.17, 15) is 9.18 Å². The predicted molar refractivity (Wildman–Crippen MR) is 84.2 cm³/mol. The lowest BCUT2D eigenvalue weighted by Gasteiger charge is -2.11. The standard InChI is InChI=1S/C18H18FNO2/c1-11(2)9-15-17(22-8-7-12-3-4-12)14-10-13(19)5-6-16(14)20-18(15)21/h5-6,10-12H,3-4,9H2,1-2H3,(H,20,21). The molecule has 0 spiro atoms. The number of hydrogen-bond donors (Lipinski definition) is 1. The third kappa shape index (κ3) is 3.14. The van der Waals surface area contributed by atoms with Crippen molar-refractivity contribution in [3.05, 3.63) is 39.9 Å². The van der Waals surface area contributed by atoms with Crippen molar-refractivity contribution in [3.63, 3.8) is 0 Å². The van der Waals surface area contributed by atoms with Gasteiger partial charge in [0, 0.05) is 11.3 Å². The maximum absolute atomic E-state index is 13.6. The number of pyridine rings is 1. The molecule has 0 bridgehead atoms. The molecular weight excluding hydrogens is 281 g/mol. The Morgan fingerprint density at radius 2 is 2.18 bits per heavy atom. The van der Waals surface area contributed by atoms with Crippen LogP contribution in [0.1, 0.15) is 32.3 Å². The fourth-order valence-electron chi connectivity index (χ4n) is 2.38. The van der Waals surface area contributed by atoms with Crippen LogP contribution < -0.4 is 10.3 Å². The van der Waals surface area contributed by atoms with Crippen molar-refractivity contribution in [1.29, 1.82) is 0 Å². The second-order valence-corrected chi connectivity index (χ2v) is 6.17. The van der Waals surface area contributed by atoms with E-state index in [0.717, 1.165) is 12.8 Å². The maximum Gasteiger partial charge on any atom is 0.255 e. The number of ether oxygens (including phenoxy) is 1. The van der Waals surface area contributed by atoms with E-state index >= 15 is 0 Å². The zero-order valence-electron chi connectivity index (χ0n) is 12.7. The molecule has 0 amide bonds. The van der Waals surface area contributed by atoms with E-state index in [1.165, 1.54) is 12.1 Å². The minimum absolute atomic E-state index is 0.198. The Morgan fingerprint density at radius 1 is 1.41 bits per heavy atom. The first-order chi connectivity index (χ1) is 10.5. The molecule has 0 saturated heterocycles. The van der Waals surface area contributed by atoms with Crippen LogP contribution in [0.2, 0.25) is 0 Å². The van der Waals surface area contributed by atoms with Gasteiger partial charge in [0.15, 0.2) is 5.75 Å². The number of benzene rings is 1. The molecule has 1 fully saturated rings. The molecule has 4 heteroatoms. The summed E-state index contributed by atoms with van der Waals surface area (Å²) < 4.78 is 19.2. The number of halogens is 1. The zero-order chi connectivity index (χ0) is 15.7. The van der Waals surface area contributed by atoms with Crippen LogP contribution in [-0.4, -0.2) is 4.98 Å². The number of aromatic nitrogens is 1. The largest absolute Gasteiger partial charge is 0.406 e. The second-order valence-electron chi connectivity index (χ2n) is 6.17. The summed E-state index contributed by atoms with van der Waals surface area (Å²) in [7, 11) is 0. The van der Waals surface area contributed by atoms with Gasteiger partial charge in [-0.05, 0) is 43.4 Å². The smallest absolute Gasteiger partial charge is 0.255 e. The molecule has 1 aromatic heterocycles. The summed E-state index contributed by atoms with van der Waals surface area (Å²) in [5.74, 6) is 3.71. The first-order valence-electron chi connectivity index (χ1n) is 7.56. The van der Waals surface area contributed by atoms with Crippen LogP contribution in [0.4, 0.5) is 4.39 Å². The molecule has 22 heavy (non-hydrogen) atoms. The molecule has 0 aliphatic heterocycles. The van der Waals surface area contributed by atoms with Gasteiger partial charge in [-0.25, -0.2) is 4.39 Å². The summed E-state index contributed by atoms with van der Waals surface area (Å²) in [5, 5.41) is 0.556. The summed E-state index contributed by atoms with van der Waals surface area (Å²) in [4.78, 5) is 15.1. The number of aromatic amines is 1. The average Bonchev–Trinajstić information content (AvgIpc) is 3.26. The van der Waals surface area contributed by atoms with Crippen molar-refractivity contribution in [2.75, 3.05) is 0 Å². The molecule has 0 atom stereocenters. The van der Waals surface area contributed by atoms with Crippen LogP contribution in [0.5, 0.6) is 5.75 Å².